The van der Waals surface area contributed by atoms with Gasteiger partial charge in [0.2, 0.25) is 5.91 Å². The molecule has 2 unspecified atom stereocenters. The number of nitrogens with one attached hydrogen (secondary N) is 1. The van der Waals surface area contributed by atoms with E-state index in [1.54, 1.807) is 12.1 Å². The van der Waals surface area contributed by atoms with Crippen LogP contribution < -0.4 is 5.32 Å². The molecule has 1 amide bonds. The second-order valence-corrected chi connectivity index (χ2v) is 6.65. The summed E-state index contributed by atoms with van der Waals surface area (Å²) in [6, 6.07) is 3.11. The minimum absolute atomic E-state index is 0.0885. The first-order chi connectivity index (χ1) is 8.91. The molecule has 1 aromatic rings. The molecule has 2 heterocycles. The molecule has 102 valence electrons. The van der Waals surface area contributed by atoms with Crippen LogP contribution in [0.25, 0.3) is 6.08 Å². The van der Waals surface area contributed by atoms with Gasteiger partial charge in [0.25, 0.3) is 0 Å². The molecular formula is C12H12F3N2OP. The van der Waals surface area contributed by atoms with E-state index in [4.69, 9.17) is 0 Å². The van der Waals surface area contributed by atoms with Crippen LogP contribution in [0.15, 0.2) is 24.9 Å². The first-order valence-corrected chi connectivity index (χ1v) is 7.24. The highest BCUT2D eigenvalue weighted by atomic mass is 31.1. The molecule has 19 heavy (non-hydrogen) atoms. The van der Waals surface area contributed by atoms with Crippen molar-refractivity contribution in [1.82, 2.24) is 4.98 Å². The lowest BCUT2D eigenvalue weighted by Gasteiger charge is -2.36. The number of rotatable bonds is 3. The standard InChI is InChI=1S/C12H12F3N2OP/c1-2-8-7-9(3-5-16-8)17-11(18)10-4-6-19(10)12(13,14)15/h2-3,5,7,10H,1,4,6H2,(H,16,17,18). The van der Waals surface area contributed by atoms with Crippen LogP contribution in [0.1, 0.15) is 12.1 Å². The Balaban J connectivity index is 2.03. The van der Waals surface area contributed by atoms with Crippen LogP contribution in [0.4, 0.5) is 18.9 Å². The molecule has 2 atom stereocenters. The Kier molecular flexibility index (Phi) is 3.90. The summed E-state index contributed by atoms with van der Waals surface area (Å²) in [4.78, 5) is 15.8. The number of hydrogen-bond acceptors (Lipinski definition) is 2. The molecule has 3 nitrogen and oxygen atoms in total. The van der Waals surface area contributed by atoms with Crippen molar-refractivity contribution in [3.63, 3.8) is 0 Å². The summed E-state index contributed by atoms with van der Waals surface area (Å²) in [6.45, 7) is 3.54. The fraction of sp³-hybridized carbons (Fsp3) is 0.333. The van der Waals surface area contributed by atoms with Crippen molar-refractivity contribution in [2.45, 2.75) is 18.0 Å². The Labute approximate surface area is 109 Å². The van der Waals surface area contributed by atoms with Crippen molar-refractivity contribution in [3.8, 4) is 0 Å². The van der Waals surface area contributed by atoms with Gasteiger partial charge in [0.05, 0.1) is 11.4 Å². The maximum Gasteiger partial charge on any atom is 0.405 e. The van der Waals surface area contributed by atoms with Gasteiger partial charge in [-0.25, -0.2) is 0 Å². The highest BCUT2D eigenvalue weighted by molar-refractivity contribution is 7.62. The quantitative estimate of drug-likeness (QED) is 0.866. The molecule has 1 aromatic heterocycles. The van der Waals surface area contributed by atoms with Crippen molar-refractivity contribution in [2.75, 3.05) is 11.5 Å². The van der Waals surface area contributed by atoms with E-state index in [-0.39, 0.29) is 6.16 Å². The first-order valence-electron chi connectivity index (χ1n) is 5.64. The molecule has 7 heteroatoms. The van der Waals surface area contributed by atoms with Crippen molar-refractivity contribution in [2.24, 2.45) is 0 Å². The average molecular weight is 288 g/mol. The Morgan fingerprint density at radius 2 is 2.32 bits per heavy atom. The summed E-state index contributed by atoms with van der Waals surface area (Å²) >= 11 is 0. The maximum atomic E-state index is 12.6. The number of carbonyl (C=O) groups is 1. The molecule has 1 saturated heterocycles. The van der Waals surface area contributed by atoms with Crippen LogP contribution in [0.5, 0.6) is 0 Å². The average Bonchev–Trinajstić information content (AvgIpc) is 2.25. The molecule has 1 N–H and O–H groups in total. The van der Waals surface area contributed by atoms with Gasteiger partial charge >= 0.3 is 5.92 Å². The van der Waals surface area contributed by atoms with Crippen molar-refractivity contribution in [3.05, 3.63) is 30.6 Å². The highest BCUT2D eigenvalue weighted by Crippen LogP contribution is 2.64. The Morgan fingerprint density at radius 1 is 1.58 bits per heavy atom. The fourth-order valence-corrected chi connectivity index (χ4v) is 3.56. The predicted molar refractivity (Wildman–Crippen MR) is 69.2 cm³/mol. The minimum atomic E-state index is -4.24. The normalized spacial score (nSPS) is 22.5. The third-order valence-corrected chi connectivity index (χ3v) is 5.54. The van der Waals surface area contributed by atoms with Crippen molar-refractivity contribution < 1.29 is 18.0 Å². The van der Waals surface area contributed by atoms with Gasteiger partial charge < -0.3 is 5.32 Å². The smallest absolute Gasteiger partial charge is 0.325 e. The monoisotopic (exact) mass is 288 g/mol. The zero-order chi connectivity index (χ0) is 14.0. The summed E-state index contributed by atoms with van der Waals surface area (Å²) in [6.07, 6.45) is 3.36. The molecule has 0 spiro atoms. The fourth-order valence-electron chi connectivity index (χ4n) is 1.83. The lowest BCUT2D eigenvalue weighted by molar-refractivity contribution is -0.116. The van der Waals surface area contributed by atoms with Crippen LogP contribution in [-0.2, 0) is 4.79 Å². The van der Waals surface area contributed by atoms with E-state index < -0.39 is 25.4 Å². The van der Waals surface area contributed by atoms with Gasteiger partial charge in [-0.2, -0.15) is 13.2 Å². The Bertz CT molecular complexity index is 504. The first kappa shape index (κ1) is 14.0. The molecule has 0 aromatic carbocycles. The summed E-state index contributed by atoms with van der Waals surface area (Å²) in [5, 5.41) is 2.51. The minimum Gasteiger partial charge on any atom is -0.325 e. The van der Waals surface area contributed by atoms with Crippen molar-refractivity contribution >= 4 is 25.6 Å². The second-order valence-electron chi connectivity index (χ2n) is 4.13. The maximum absolute atomic E-state index is 12.6. The topological polar surface area (TPSA) is 42.0 Å². The number of halogens is 3. The molecule has 0 saturated carbocycles. The Morgan fingerprint density at radius 3 is 2.84 bits per heavy atom. The zero-order valence-corrected chi connectivity index (χ0v) is 10.8. The molecule has 0 radical (unpaired) electrons. The van der Waals surface area contributed by atoms with Crippen LogP contribution in [0.2, 0.25) is 0 Å². The van der Waals surface area contributed by atoms with Crippen LogP contribution in [0, 0.1) is 0 Å². The van der Waals surface area contributed by atoms with Gasteiger partial charge in [-0.05, 0) is 30.8 Å². The molecule has 0 bridgehead atoms. The number of carbonyl (C=O) groups excluding carboxylic acids is 1. The summed E-state index contributed by atoms with van der Waals surface area (Å²) < 4.78 is 37.8. The van der Waals surface area contributed by atoms with E-state index in [9.17, 15) is 18.0 Å². The summed E-state index contributed by atoms with van der Waals surface area (Å²) in [5.41, 5.74) is 0.0822. The molecule has 1 aliphatic rings. The number of alkyl halides is 3. The third kappa shape index (κ3) is 3.13. The number of nitrogens with zero attached hydrogens (tertiary/aromatic N) is 1. The SMILES string of the molecule is C=Cc1cc(NC(=O)C2CCP2C(F)(F)F)ccn1. The summed E-state index contributed by atoms with van der Waals surface area (Å²) in [7, 11) is -2.20. The van der Waals surface area contributed by atoms with Crippen LogP contribution in [-0.4, -0.2) is 28.6 Å². The van der Waals surface area contributed by atoms with Crippen molar-refractivity contribution in [1.29, 1.82) is 0 Å². The molecule has 1 fully saturated rings. The van der Waals surface area contributed by atoms with Crippen LogP contribution >= 0.6 is 7.92 Å². The van der Waals surface area contributed by atoms with Gasteiger partial charge in [0, 0.05) is 19.8 Å². The number of hydrogen-bond donors (Lipinski definition) is 1. The lowest BCUT2D eigenvalue weighted by atomic mass is 10.2. The third-order valence-electron chi connectivity index (χ3n) is 2.91. The lowest BCUT2D eigenvalue weighted by Crippen LogP contribution is -2.38. The number of anilines is 1. The predicted octanol–water partition coefficient (Wildman–Crippen LogP) is 3.44. The largest absolute Gasteiger partial charge is 0.405 e. The van der Waals surface area contributed by atoms with E-state index >= 15 is 0 Å². The van der Waals surface area contributed by atoms with E-state index in [2.05, 4.69) is 16.9 Å². The van der Waals surface area contributed by atoms with Gasteiger partial charge in [-0.3, -0.25) is 9.78 Å². The zero-order valence-electron chi connectivity index (χ0n) is 9.94. The van der Waals surface area contributed by atoms with E-state index in [0.29, 0.717) is 17.8 Å². The van der Waals surface area contributed by atoms with E-state index in [1.807, 2.05) is 0 Å². The van der Waals surface area contributed by atoms with Gasteiger partial charge in [0.15, 0.2) is 0 Å². The molecular weight excluding hydrogens is 276 g/mol. The summed E-state index contributed by atoms with van der Waals surface area (Å²) in [5.74, 6) is -4.80. The highest BCUT2D eigenvalue weighted by Gasteiger charge is 2.52. The molecule has 2 rings (SSSR count). The molecule has 1 aliphatic heterocycles. The Hall–Kier alpha value is -1.42. The van der Waals surface area contributed by atoms with Gasteiger partial charge in [-0.15, -0.1) is 0 Å². The van der Waals surface area contributed by atoms with E-state index in [0.717, 1.165) is 0 Å². The van der Waals surface area contributed by atoms with Crippen LogP contribution in [0.3, 0.4) is 0 Å². The number of pyridine rings is 1. The van der Waals surface area contributed by atoms with E-state index in [1.165, 1.54) is 12.3 Å². The molecule has 0 aliphatic carbocycles. The van der Waals surface area contributed by atoms with Gasteiger partial charge in [0.1, 0.15) is 0 Å². The number of amides is 1. The number of aromatic nitrogens is 1. The second kappa shape index (κ2) is 5.29. The van der Waals surface area contributed by atoms with Gasteiger partial charge in [-0.1, -0.05) is 6.58 Å².